The highest BCUT2D eigenvalue weighted by molar-refractivity contribution is 9.10. The summed E-state index contributed by atoms with van der Waals surface area (Å²) in [6, 6.07) is 24.9. The van der Waals surface area contributed by atoms with Gasteiger partial charge in [-0.2, -0.15) is 0 Å². The quantitative estimate of drug-likeness (QED) is 0.314. The zero-order chi connectivity index (χ0) is 16.8. The van der Waals surface area contributed by atoms with Gasteiger partial charge in [-0.25, -0.2) is 4.98 Å². The third kappa shape index (κ3) is 2.31. The molecule has 0 aliphatic heterocycles. The molecule has 0 saturated heterocycles. The van der Waals surface area contributed by atoms with Crippen LogP contribution in [0.15, 0.2) is 83.5 Å². The molecule has 0 aliphatic rings. The zero-order valence-electron chi connectivity index (χ0n) is 13.3. The van der Waals surface area contributed by atoms with Crippen LogP contribution in [0.2, 0.25) is 0 Å². The summed E-state index contributed by atoms with van der Waals surface area (Å²) in [6.07, 6.45) is 1.94. The van der Waals surface area contributed by atoms with Crippen molar-refractivity contribution in [3.05, 3.63) is 83.5 Å². The Bertz CT molecular complexity index is 1230. The fourth-order valence-corrected chi connectivity index (χ4v) is 3.64. The van der Waals surface area contributed by atoms with Crippen molar-refractivity contribution in [2.45, 2.75) is 0 Å². The maximum Gasteiger partial charge on any atom is 0.0978 e. The molecule has 5 rings (SSSR count). The Morgan fingerprint density at radius 2 is 1.44 bits per heavy atom. The van der Waals surface area contributed by atoms with Crippen molar-refractivity contribution in [2.75, 3.05) is 0 Å². The molecule has 0 bridgehead atoms. The second-order valence-electron chi connectivity index (χ2n) is 6.05. The average molecular weight is 385 g/mol. The average Bonchev–Trinajstić information content (AvgIpc) is 2.67. The van der Waals surface area contributed by atoms with Crippen LogP contribution in [0.1, 0.15) is 0 Å². The molecule has 3 heteroatoms. The smallest absolute Gasteiger partial charge is 0.0978 e. The molecule has 0 aliphatic carbocycles. The molecule has 5 aromatic rings. The molecular weight excluding hydrogens is 372 g/mol. The van der Waals surface area contributed by atoms with E-state index in [-0.39, 0.29) is 0 Å². The second kappa shape index (κ2) is 5.64. The first kappa shape index (κ1) is 14.6. The molecule has 2 nitrogen and oxygen atoms in total. The van der Waals surface area contributed by atoms with Gasteiger partial charge in [-0.15, -0.1) is 0 Å². The standard InChI is InChI=1S/C22H13BrN2/c23-16-11-9-14(10-12-16)21-22-20(18-7-3-4-8-19(18)25-21)17-6-2-1-5-15(17)13-24-22/h1-13H. The van der Waals surface area contributed by atoms with E-state index >= 15 is 0 Å². The maximum absolute atomic E-state index is 4.93. The Hall–Kier alpha value is -2.78. The van der Waals surface area contributed by atoms with E-state index in [4.69, 9.17) is 9.97 Å². The monoisotopic (exact) mass is 384 g/mol. The zero-order valence-corrected chi connectivity index (χ0v) is 14.9. The first-order chi connectivity index (χ1) is 12.3. The number of para-hydroxylation sites is 1. The molecule has 0 amide bonds. The molecule has 0 spiro atoms. The predicted molar refractivity (Wildman–Crippen MR) is 108 cm³/mol. The Morgan fingerprint density at radius 3 is 2.28 bits per heavy atom. The summed E-state index contributed by atoms with van der Waals surface area (Å²) in [5.41, 5.74) is 3.93. The fraction of sp³-hybridized carbons (Fsp3) is 0. The largest absolute Gasteiger partial charge is 0.253 e. The molecule has 0 fully saturated rings. The molecule has 25 heavy (non-hydrogen) atoms. The summed E-state index contributed by atoms with van der Waals surface area (Å²) in [4.78, 5) is 9.72. The Kier molecular flexibility index (Phi) is 3.28. The topological polar surface area (TPSA) is 25.8 Å². The molecule has 3 aromatic carbocycles. The van der Waals surface area contributed by atoms with Gasteiger partial charge in [0.1, 0.15) is 0 Å². The van der Waals surface area contributed by atoms with E-state index in [2.05, 4.69) is 70.5 Å². The lowest BCUT2D eigenvalue weighted by atomic mass is 9.99. The van der Waals surface area contributed by atoms with Crippen LogP contribution in [0.5, 0.6) is 0 Å². The Labute approximate surface area is 153 Å². The van der Waals surface area contributed by atoms with E-state index in [1.165, 1.54) is 10.8 Å². The van der Waals surface area contributed by atoms with Crippen LogP contribution < -0.4 is 0 Å². The van der Waals surface area contributed by atoms with Crippen molar-refractivity contribution in [1.29, 1.82) is 0 Å². The minimum absolute atomic E-state index is 0.923. The maximum atomic E-state index is 4.93. The molecule has 0 N–H and O–H groups in total. The number of hydrogen-bond donors (Lipinski definition) is 0. The van der Waals surface area contributed by atoms with Crippen LogP contribution in [0.4, 0.5) is 0 Å². The minimum Gasteiger partial charge on any atom is -0.253 e. The number of pyridine rings is 2. The van der Waals surface area contributed by atoms with Gasteiger partial charge in [0.2, 0.25) is 0 Å². The summed E-state index contributed by atoms with van der Waals surface area (Å²) in [7, 11) is 0. The van der Waals surface area contributed by atoms with Gasteiger partial charge in [0.15, 0.2) is 0 Å². The SMILES string of the molecule is Brc1ccc(-c2nc3ccccc3c3c2ncc2ccccc23)cc1. The number of aromatic nitrogens is 2. The highest BCUT2D eigenvalue weighted by Gasteiger charge is 2.13. The summed E-state index contributed by atoms with van der Waals surface area (Å²) in [5.74, 6) is 0. The third-order valence-corrected chi connectivity index (χ3v) is 5.08. The number of benzene rings is 3. The second-order valence-corrected chi connectivity index (χ2v) is 6.97. The number of nitrogens with zero attached hydrogens (tertiary/aromatic N) is 2. The van der Waals surface area contributed by atoms with E-state index in [0.29, 0.717) is 0 Å². The lowest BCUT2D eigenvalue weighted by Crippen LogP contribution is -1.93. The highest BCUT2D eigenvalue weighted by Crippen LogP contribution is 2.35. The van der Waals surface area contributed by atoms with Crippen LogP contribution in [0.3, 0.4) is 0 Å². The van der Waals surface area contributed by atoms with E-state index in [1.807, 2.05) is 24.4 Å². The van der Waals surface area contributed by atoms with Crippen LogP contribution in [-0.2, 0) is 0 Å². The summed E-state index contributed by atoms with van der Waals surface area (Å²) in [5, 5.41) is 4.67. The lowest BCUT2D eigenvalue weighted by Gasteiger charge is -2.11. The normalized spacial score (nSPS) is 11.4. The van der Waals surface area contributed by atoms with Crippen LogP contribution in [0, 0.1) is 0 Å². The van der Waals surface area contributed by atoms with E-state index in [9.17, 15) is 0 Å². The fourth-order valence-electron chi connectivity index (χ4n) is 3.38. The van der Waals surface area contributed by atoms with Crippen molar-refractivity contribution >= 4 is 48.5 Å². The number of halogens is 1. The van der Waals surface area contributed by atoms with Crippen molar-refractivity contribution in [2.24, 2.45) is 0 Å². The first-order valence-electron chi connectivity index (χ1n) is 8.13. The van der Waals surface area contributed by atoms with Gasteiger partial charge in [-0.05, 0) is 23.6 Å². The highest BCUT2D eigenvalue weighted by atomic mass is 79.9. The first-order valence-corrected chi connectivity index (χ1v) is 8.93. The third-order valence-electron chi connectivity index (χ3n) is 4.55. The van der Waals surface area contributed by atoms with Gasteiger partial charge in [0, 0.05) is 32.4 Å². The van der Waals surface area contributed by atoms with Crippen molar-refractivity contribution in [3.8, 4) is 11.3 Å². The molecule has 0 unspecified atom stereocenters. The Balaban J connectivity index is 2.01. The molecule has 118 valence electrons. The Morgan fingerprint density at radius 1 is 0.720 bits per heavy atom. The van der Waals surface area contributed by atoms with Crippen LogP contribution in [-0.4, -0.2) is 9.97 Å². The molecule has 2 aromatic heterocycles. The molecule has 0 atom stereocenters. The van der Waals surface area contributed by atoms with Gasteiger partial charge in [0.05, 0.1) is 16.7 Å². The summed E-state index contributed by atoms with van der Waals surface area (Å²) < 4.78 is 1.06. The summed E-state index contributed by atoms with van der Waals surface area (Å²) in [6.45, 7) is 0. The predicted octanol–water partition coefficient (Wildman–Crippen LogP) is 6.37. The lowest BCUT2D eigenvalue weighted by molar-refractivity contribution is 1.37. The van der Waals surface area contributed by atoms with Gasteiger partial charge >= 0.3 is 0 Å². The van der Waals surface area contributed by atoms with Crippen molar-refractivity contribution in [3.63, 3.8) is 0 Å². The van der Waals surface area contributed by atoms with Crippen LogP contribution in [0.25, 0.3) is 43.8 Å². The van der Waals surface area contributed by atoms with Gasteiger partial charge in [-0.1, -0.05) is 70.5 Å². The van der Waals surface area contributed by atoms with E-state index in [1.54, 1.807) is 0 Å². The summed E-state index contributed by atoms with van der Waals surface area (Å²) >= 11 is 3.50. The van der Waals surface area contributed by atoms with Gasteiger partial charge in [-0.3, -0.25) is 4.98 Å². The number of fused-ring (bicyclic) bond motifs is 5. The van der Waals surface area contributed by atoms with Crippen molar-refractivity contribution in [1.82, 2.24) is 9.97 Å². The molecular formula is C22H13BrN2. The molecule has 0 radical (unpaired) electrons. The van der Waals surface area contributed by atoms with Gasteiger partial charge in [0.25, 0.3) is 0 Å². The van der Waals surface area contributed by atoms with E-state index in [0.717, 1.165) is 37.5 Å². The number of hydrogen-bond acceptors (Lipinski definition) is 2. The van der Waals surface area contributed by atoms with E-state index < -0.39 is 0 Å². The molecule has 2 heterocycles. The minimum atomic E-state index is 0.923. The van der Waals surface area contributed by atoms with Gasteiger partial charge < -0.3 is 0 Å². The number of rotatable bonds is 1. The van der Waals surface area contributed by atoms with Crippen LogP contribution >= 0.6 is 15.9 Å². The molecule has 0 saturated carbocycles. The van der Waals surface area contributed by atoms with Crippen molar-refractivity contribution < 1.29 is 0 Å².